The summed E-state index contributed by atoms with van der Waals surface area (Å²) in [5.41, 5.74) is 6.20. The van der Waals surface area contributed by atoms with Crippen LogP contribution in [-0.2, 0) is 6.73 Å². The second-order valence-corrected chi connectivity index (χ2v) is 6.51. The van der Waals surface area contributed by atoms with Gasteiger partial charge in [0.25, 0.3) is 0 Å². The fraction of sp³-hybridized carbons (Fsp3) is 0.130. The van der Waals surface area contributed by atoms with Crippen molar-refractivity contribution in [3.63, 3.8) is 0 Å². The predicted molar refractivity (Wildman–Crippen MR) is 107 cm³/mol. The van der Waals surface area contributed by atoms with Crippen molar-refractivity contribution in [2.75, 3.05) is 0 Å². The van der Waals surface area contributed by atoms with E-state index in [0.29, 0.717) is 12.6 Å². The molecule has 0 aliphatic heterocycles. The first-order valence-corrected chi connectivity index (χ1v) is 8.96. The lowest BCUT2D eigenvalue weighted by atomic mass is 10.0. The number of ether oxygens (including phenoxy) is 1. The van der Waals surface area contributed by atoms with Gasteiger partial charge in [-0.25, -0.2) is 9.67 Å². The van der Waals surface area contributed by atoms with E-state index in [1.807, 2.05) is 67.1 Å². The van der Waals surface area contributed by atoms with Crippen LogP contribution in [-0.4, -0.2) is 14.8 Å². The second-order valence-electron chi connectivity index (χ2n) is 6.51. The second kappa shape index (κ2) is 7.46. The van der Waals surface area contributed by atoms with E-state index in [9.17, 15) is 0 Å². The highest BCUT2D eigenvalue weighted by atomic mass is 16.5. The molecule has 0 spiro atoms. The molecule has 27 heavy (non-hydrogen) atoms. The van der Waals surface area contributed by atoms with Gasteiger partial charge >= 0.3 is 0 Å². The minimum atomic E-state index is 0.332. The molecule has 2 aromatic heterocycles. The maximum atomic E-state index is 6.00. The monoisotopic (exact) mass is 355 g/mol. The number of rotatable bonds is 5. The molecule has 0 atom stereocenters. The highest BCUT2D eigenvalue weighted by Gasteiger charge is 2.09. The quantitative estimate of drug-likeness (QED) is 0.490. The summed E-state index contributed by atoms with van der Waals surface area (Å²) in [6.45, 7) is 4.33. The topological polar surface area (TPSA) is 39.9 Å². The fourth-order valence-corrected chi connectivity index (χ4v) is 3.07. The Labute approximate surface area is 159 Å². The Bertz CT molecular complexity index is 982. The van der Waals surface area contributed by atoms with Crippen molar-refractivity contribution in [2.45, 2.75) is 20.6 Å². The Balaban J connectivity index is 1.70. The molecule has 2 aromatic carbocycles. The molecule has 0 aliphatic rings. The molecule has 4 heteroatoms. The summed E-state index contributed by atoms with van der Waals surface area (Å²) < 4.78 is 7.84. The standard InChI is InChI=1S/C23H21N3O/c1-17-13-18(2)26(25-17)16-27-23-15-21(19-9-5-3-6-10-19)14-22(24-23)20-11-7-4-8-12-20/h3-15H,16H2,1-2H3. The molecule has 0 radical (unpaired) electrons. The van der Waals surface area contributed by atoms with Gasteiger partial charge < -0.3 is 4.74 Å². The van der Waals surface area contributed by atoms with Gasteiger partial charge in [-0.1, -0.05) is 60.7 Å². The Kier molecular flexibility index (Phi) is 4.71. The van der Waals surface area contributed by atoms with Crippen LogP contribution in [0.3, 0.4) is 0 Å². The first-order valence-electron chi connectivity index (χ1n) is 8.96. The summed E-state index contributed by atoms with van der Waals surface area (Å²) in [5.74, 6) is 0.586. The SMILES string of the molecule is Cc1cc(C)n(COc2cc(-c3ccccc3)cc(-c3ccccc3)n2)n1. The zero-order valence-electron chi connectivity index (χ0n) is 15.5. The maximum absolute atomic E-state index is 6.00. The molecule has 0 saturated heterocycles. The van der Waals surface area contributed by atoms with E-state index >= 15 is 0 Å². The minimum absolute atomic E-state index is 0.332. The Morgan fingerprint density at radius 1 is 0.778 bits per heavy atom. The van der Waals surface area contributed by atoms with Crippen molar-refractivity contribution < 1.29 is 4.74 Å². The number of pyridine rings is 1. The number of aromatic nitrogens is 3. The van der Waals surface area contributed by atoms with Gasteiger partial charge in [-0.2, -0.15) is 5.10 Å². The molecule has 0 unspecified atom stereocenters. The normalized spacial score (nSPS) is 10.7. The third kappa shape index (κ3) is 3.90. The third-order valence-corrected chi connectivity index (χ3v) is 4.42. The van der Waals surface area contributed by atoms with Crippen LogP contribution in [0.15, 0.2) is 78.9 Å². The number of aryl methyl sites for hydroxylation is 2. The van der Waals surface area contributed by atoms with Crippen molar-refractivity contribution in [3.8, 4) is 28.3 Å². The number of hydrogen-bond donors (Lipinski definition) is 0. The van der Waals surface area contributed by atoms with Crippen molar-refractivity contribution in [1.82, 2.24) is 14.8 Å². The molecular weight excluding hydrogens is 334 g/mol. The van der Waals surface area contributed by atoms with Crippen LogP contribution in [0.25, 0.3) is 22.4 Å². The Morgan fingerprint density at radius 3 is 2.07 bits per heavy atom. The molecule has 0 bridgehead atoms. The lowest BCUT2D eigenvalue weighted by Gasteiger charge is -2.12. The van der Waals surface area contributed by atoms with E-state index in [4.69, 9.17) is 9.72 Å². The molecular formula is C23H21N3O. The van der Waals surface area contributed by atoms with Gasteiger partial charge in [0, 0.05) is 17.3 Å². The Hall–Kier alpha value is -3.40. The van der Waals surface area contributed by atoms with Gasteiger partial charge in [-0.05, 0) is 37.1 Å². The van der Waals surface area contributed by atoms with Crippen LogP contribution in [0.2, 0.25) is 0 Å². The third-order valence-electron chi connectivity index (χ3n) is 4.42. The van der Waals surface area contributed by atoms with Gasteiger partial charge in [0.15, 0.2) is 6.73 Å². The molecule has 4 rings (SSSR count). The van der Waals surface area contributed by atoms with Crippen molar-refractivity contribution >= 4 is 0 Å². The van der Waals surface area contributed by atoms with Gasteiger partial charge in [0.2, 0.25) is 5.88 Å². The summed E-state index contributed by atoms with van der Waals surface area (Å²) in [4.78, 5) is 4.72. The molecule has 0 fully saturated rings. The van der Waals surface area contributed by atoms with Crippen LogP contribution in [0.4, 0.5) is 0 Å². The van der Waals surface area contributed by atoms with Crippen LogP contribution in [0.5, 0.6) is 5.88 Å². The Morgan fingerprint density at radius 2 is 1.44 bits per heavy atom. The number of benzene rings is 2. The van der Waals surface area contributed by atoms with Gasteiger partial charge in [-0.3, -0.25) is 0 Å². The number of hydrogen-bond acceptors (Lipinski definition) is 3. The van der Waals surface area contributed by atoms with E-state index in [1.165, 1.54) is 0 Å². The van der Waals surface area contributed by atoms with E-state index in [1.54, 1.807) is 0 Å². The highest BCUT2D eigenvalue weighted by molar-refractivity contribution is 5.71. The highest BCUT2D eigenvalue weighted by Crippen LogP contribution is 2.28. The fourth-order valence-electron chi connectivity index (χ4n) is 3.07. The summed E-state index contributed by atoms with van der Waals surface area (Å²) in [6, 6.07) is 26.5. The zero-order chi connectivity index (χ0) is 18.6. The molecule has 0 aliphatic carbocycles. The molecule has 0 amide bonds. The van der Waals surface area contributed by atoms with E-state index in [-0.39, 0.29) is 0 Å². The van der Waals surface area contributed by atoms with Crippen molar-refractivity contribution in [1.29, 1.82) is 0 Å². The number of nitrogens with zero attached hydrogens (tertiary/aromatic N) is 3. The summed E-state index contributed by atoms with van der Waals surface area (Å²) in [7, 11) is 0. The van der Waals surface area contributed by atoms with E-state index < -0.39 is 0 Å². The molecule has 4 nitrogen and oxygen atoms in total. The first-order chi connectivity index (χ1) is 13.2. The average molecular weight is 355 g/mol. The van der Waals surface area contributed by atoms with Crippen LogP contribution >= 0.6 is 0 Å². The lowest BCUT2D eigenvalue weighted by Crippen LogP contribution is -2.09. The van der Waals surface area contributed by atoms with Crippen molar-refractivity contribution in [3.05, 3.63) is 90.3 Å². The van der Waals surface area contributed by atoms with Crippen LogP contribution in [0, 0.1) is 13.8 Å². The molecule has 4 aromatic rings. The van der Waals surface area contributed by atoms with Gasteiger partial charge in [0.05, 0.1) is 11.4 Å². The van der Waals surface area contributed by atoms with Crippen molar-refractivity contribution in [2.24, 2.45) is 0 Å². The molecule has 2 heterocycles. The van der Waals surface area contributed by atoms with Crippen LogP contribution < -0.4 is 4.74 Å². The van der Waals surface area contributed by atoms with E-state index in [0.717, 1.165) is 33.8 Å². The predicted octanol–water partition coefficient (Wildman–Crippen LogP) is 5.27. The maximum Gasteiger partial charge on any atom is 0.216 e. The minimum Gasteiger partial charge on any atom is -0.454 e. The summed E-state index contributed by atoms with van der Waals surface area (Å²) >= 11 is 0. The van der Waals surface area contributed by atoms with Crippen LogP contribution in [0.1, 0.15) is 11.4 Å². The average Bonchev–Trinajstić information content (AvgIpc) is 3.04. The lowest BCUT2D eigenvalue weighted by molar-refractivity contribution is 0.209. The van der Waals surface area contributed by atoms with Gasteiger partial charge in [-0.15, -0.1) is 0 Å². The van der Waals surface area contributed by atoms with E-state index in [2.05, 4.69) is 35.4 Å². The first kappa shape index (κ1) is 17.0. The summed E-state index contributed by atoms with van der Waals surface area (Å²) in [6.07, 6.45) is 0. The molecule has 0 saturated carbocycles. The molecule has 134 valence electrons. The zero-order valence-corrected chi connectivity index (χ0v) is 15.5. The summed E-state index contributed by atoms with van der Waals surface area (Å²) in [5, 5.41) is 4.45. The molecule has 0 N–H and O–H groups in total. The van der Waals surface area contributed by atoms with Gasteiger partial charge in [0.1, 0.15) is 0 Å². The smallest absolute Gasteiger partial charge is 0.216 e. The largest absolute Gasteiger partial charge is 0.454 e.